The number of hydrogen-bond acceptors (Lipinski definition) is 3. The maximum absolute atomic E-state index is 12.1. The molecule has 1 aliphatic rings. The van der Waals surface area contributed by atoms with E-state index in [2.05, 4.69) is 31.0 Å². The van der Waals surface area contributed by atoms with Gasteiger partial charge in [0.25, 0.3) is 0 Å². The van der Waals surface area contributed by atoms with Gasteiger partial charge in [0.2, 0.25) is 5.91 Å². The number of nitrogens with two attached hydrogens (primary N) is 1. The average molecular weight is 283 g/mol. The quantitative estimate of drug-likeness (QED) is 0.671. The van der Waals surface area contributed by atoms with Gasteiger partial charge in [-0.05, 0) is 45.6 Å². The smallest absolute Gasteiger partial charge is 0.234 e. The molecule has 1 amide bonds. The summed E-state index contributed by atoms with van der Waals surface area (Å²) < 4.78 is 0. The minimum absolute atomic E-state index is 0.165. The van der Waals surface area contributed by atoms with E-state index in [9.17, 15) is 4.79 Å². The standard InChI is InChI=1S/C16H33N3O/c1-4-5-6-7-13(2)18-16(20)12-19-11-15(10-17)9-8-14(19)3/h13-15H,4-12,17H2,1-3H3,(H,18,20). The Morgan fingerprint density at radius 1 is 1.40 bits per heavy atom. The Morgan fingerprint density at radius 3 is 2.80 bits per heavy atom. The minimum Gasteiger partial charge on any atom is -0.353 e. The first-order valence-electron chi connectivity index (χ1n) is 8.30. The second kappa shape index (κ2) is 9.35. The van der Waals surface area contributed by atoms with E-state index in [1.807, 2.05) is 0 Å². The van der Waals surface area contributed by atoms with Crippen molar-refractivity contribution in [3.63, 3.8) is 0 Å². The Hall–Kier alpha value is -0.610. The van der Waals surface area contributed by atoms with Crippen LogP contribution in [-0.2, 0) is 4.79 Å². The molecule has 0 aromatic rings. The molecule has 0 spiro atoms. The van der Waals surface area contributed by atoms with Crippen molar-refractivity contribution in [3.05, 3.63) is 0 Å². The zero-order valence-corrected chi connectivity index (χ0v) is 13.5. The highest BCUT2D eigenvalue weighted by Crippen LogP contribution is 2.20. The molecule has 3 atom stereocenters. The van der Waals surface area contributed by atoms with Gasteiger partial charge in [0.1, 0.15) is 0 Å². The molecule has 1 aliphatic heterocycles. The Kier molecular flexibility index (Phi) is 8.15. The van der Waals surface area contributed by atoms with E-state index in [1.54, 1.807) is 0 Å². The van der Waals surface area contributed by atoms with Gasteiger partial charge in [-0.25, -0.2) is 0 Å². The van der Waals surface area contributed by atoms with Gasteiger partial charge >= 0.3 is 0 Å². The predicted octanol–water partition coefficient (Wildman–Crippen LogP) is 2.13. The first-order valence-corrected chi connectivity index (χ1v) is 8.30. The van der Waals surface area contributed by atoms with Gasteiger partial charge < -0.3 is 11.1 Å². The van der Waals surface area contributed by atoms with Gasteiger partial charge in [0, 0.05) is 18.6 Å². The second-order valence-electron chi connectivity index (χ2n) is 6.42. The lowest BCUT2D eigenvalue weighted by molar-refractivity contribution is -0.124. The van der Waals surface area contributed by atoms with Crippen LogP contribution in [0.1, 0.15) is 59.3 Å². The zero-order chi connectivity index (χ0) is 15.0. The van der Waals surface area contributed by atoms with E-state index in [1.165, 1.54) is 25.7 Å². The van der Waals surface area contributed by atoms with Gasteiger partial charge in [0.05, 0.1) is 6.54 Å². The van der Waals surface area contributed by atoms with Crippen molar-refractivity contribution in [1.29, 1.82) is 0 Å². The van der Waals surface area contributed by atoms with Crippen LogP contribution >= 0.6 is 0 Å². The fraction of sp³-hybridized carbons (Fsp3) is 0.938. The Labute approximate surface area is 124 Å². The van der Waals surface area contributed by atoms with E-state index in [0.29, 0.717) is 24.5 Å². The van der Waals surface area contributed by atoms with Crippen LogP contribution in [0, 0.1) is 5.92 Å². The monoisotopic (exact) mass is 283 g/mol. The molecular formula is C16H33N3O. The summed E-state index contributed by atoms with van der Waals surface area (Å²) in [5, 5.41) is 3.13. The highest BCUT2D eigenvalue weighted by Gasteiger charge is 2.26. The normalized spacial score (nSPS) is 25.4. The molecule has 1 saturated heterocycles. The number of nitrogens with one attached hydrogen (secondary N) is 1. The number of carbonyl (C=O) groups excluding carboxylic acids is 1. The summed E-state index contributed by atoms with van der Waals surface area (Å²) in [6.07, 6.45) is 7.12. The second-order valence-corrected chi connectivity index (χ2v) is 6.42. The Morgan fingerprint density at radius 2 is 2.15 bits per heavy atom. The third kappa shape index (κ3) is 6.23. The van der Waals surface area contributed by atoms with Crippen LogP contribution in [0.5, 0.6) is 0 Å². The largest absolute Gasteiger partial charge is 0.353 e. The number of rotatable bonds is 8. The van der Waals surface area contributed by atoms with Gasteiger partial charge in [-0.2, -0.15) is 0 Å². The summed E-state index contributed by atoms with van der Waals surface area (Å²) in [6.45, 7) is 8.75. The molecule has 1 fully saturated rings. The highest BCUT2D eigenvalue weighted by molar-refractivity contribution is 5.78. The van der Waals surface area contributed by atoms with E-state index in [0.717, 1.165) is 25.9 Å². The fourth-order valence-corrected chi connectivity index (χ4v) is 2.95. The van der Waals surface area contributed by atoms with Crippen LogP contribution in [0.3, 0.4) is 0 Å². The van der Waals surface area contributed by atoms with Crippen molar-refractivity contribution >= 4 is 5.91 Å². The topological polar surface area (TPSA) is 58.4 Å². The molecule has 3 unspecified atom stereocenters. The zero-order valence-electron chi connectivity index (χ0n) is 13.5. The molecule has 3 N–H and O–H groups in total. The molecule has 0 radical (unpaired) electrons. The van der Waals surface area contributed by atoms with E-state index in [-0.39, 0.29) is 5.91 Å². The minimum atomic E-state index is 0.165. The molecule has 1 heterocycles. The number of unbranched alkanes of at least 4 members (excludes halogenated alkanes) is 2. The van der Waals surface area contributed by atoms with Gasteiger partial charge in [-0.1, -0.05) is 26.2 Å². The lowest BCUT2D eigenvalue weighted by Gasteiger charge is -2.37. The molecule has 20 heavy (non-hydrogen) atoms. The maximum Gasteiger partial charge on any atom is 0.234 e. The van der Waals surface area contributed by atoms with Crippen LogP contribution in [0.25, 0.3) is 0 Å². The number of amides is 1. The van der Waals surface area contributed by atoms with Crippen LogP contribution < -0.4 is 11.1 Å². The average Bonchev–Trinajstić information content (AvgIpc) is 2.41. The summed E-state index contributed by atoms with van der Waals surface area (Å²) >= 11 is 0. The number of piperidine rings is 1. The SMILES string of the molecule is CCCCCC(C)NC(=O)CN1CC(CN)CCC1C. The van der Waals surface area contributed by atoms with Crippen molar-refractivity contribution in [2.24, 2.45) is 11.7 Å². The molecule has 0 aromatic carbocycles. The number of hydrogen-bond donors (Lipinski definition) is 2. The predicted molar refractivity (Wildman–Crippen MR) is 84.6 cm³/mol. The van der Waals surface area contributed by atoms with Crippen molar-refractivity contribution in [1.82, 2.24) is 10.2 Å². The summed E-state index contributed by atoms with van der Waals surface area (Å²) in [5.41, 5.74) is 5.76. The molecule has 0 saturated carbocycles. The summed E-state index contributed by atoms with van der Waals surface area (Å²) in [5.74, 6) is 0.722. The van der Waals surface area contributed by atoms with Crippen molar-refractivity contribution in [2.45, 2.75) is 71.4 Å². The van der Waals surface area contributed by atoms with E-state index < -0.39 is 0 Å². The molecule has 0 bridgehead atoms. The number of carbonyl (C=O) groups is 1. The first kappa shape index (κ1) is 17.4. The van der Waals surface area contributed by atoms with Gasteiger partial charge in [-0.15, -0.1) is 0 Å². The molecule has 1 rings (SSSR count). The lowest BCUT2D eigenvalue weighted by Crippen LogP contribution is -2.49. The van der Waals surface area contributed by atoms with Crippen LogP contribution in [0.15, 0.2) is 0 Å². The summed E-state index contributed by atoms with van der Waals surface area (Å²) in [7, 11) is 0. The number of likely N-dealkylation sites (tertiary alicyclic amines) is 1. The molecule has 0 aromatic heterocycles. The maximum atomic E-state index is 12.1. The van der Waals surface area contributed by atoms with Crippen molar-refractivity contribution < 1.29 is 4.79 Å². The molecule has 118 valence electrons. The van der Waals surface area contributed by atoms with Gasteiger partial charge in [-0.3, -0.25) is 9.69 Å². The van der Waals surface area contributed by atoms with Crippen LogP contribution in [0.2, 0.25) is 0 Å². The van der Waals surface area contributed by atoms with Crippen molar-refractivity contribution in [3.8, 4) is 0 Å². The highest BCUT2D eigenvalue weighted by atomic mass is 16.2. The first-order chi connectivity index (χ1) is 9.56. The molecule has 0 aliphatic carbocycles. The summed E-state index contributed by atoms with van der Waals surface area (Å²) in [4.78, 5) is 14.4. The van der Waals surface area contributed by atoms with Crippen molar-refractivity contribution in [2.75, 3.05) is 19.6 Å². The molecular weight excluding hydrogens is 250 g/mol. The molecule has 4 nitrogen and oxygen atoms in total. The number of nitrogens with zero attached hydrogens (tertiary/aromatic N) is 1. The lowest BCUT2D eigenvalue weighted by atomic mass is 9.93. The summed E-state index contributed by atoms with van der Waals surface area (Å²) in [6, 6.07) is 0.790. The third-order valence-corrected chi connectivity index (χ3v) is 4.44. The fourth-order valence-electron chi connectivity index (χ4n) is 2.95. The van der Waals surface area contributed by atoms with E-state index in [4.69, 9.17) is 5.73 Å². The third-order valence-electron chi connectivity index (χ3n) is 4.44. The molecule has 4 heteroatoms. The van der Waals surface area contributed by atoms with Crippen LogP contribution in [-0.4, -0.2) is 42.5 Å². The van der Waals surface area contributed by atoms with Gasteiger partial charge in [0.15, 0.2) is 0 Å². The van der Waals surface area contributed by atoms with E-state index >= 15 is 0 Å². The van der Waals surface area contributed by atoms with Crippen LogP contribution in [0.4, 0.5) is 0 Å². The Bertz CT molecular complexity index is 283. The Balaban J connectivity index is 2.29.